The van der Waals surface area contributed by atoms with Gasteiger partial charge in [0.05, 0.1) is 0 Å². The molecule has 3 nitrogen and oxygen atoms in total. The van der Waals surface area contributed by atoms with Crippen LogP contribution >= 0.6 is 0 Å². The first-order chi connectivity index (χ1) is 9.49. The summed E-state index contributed by atoms with van der Waals surface area (Å²) in [5.74, 6) is -0.203. The van der Waals surface area contributed by atoms with E-state index < -0.39 is 0 Å². The summed E-state index contributed by atoms with van der Waals surface area (Å²) in [5.41, 5.74) is 14.8. The van der Waals surface area contributed by atoms with Gasteiger partial charge in [0.25, 0.3) is 0 Å². The molecule has 0 bridgehead atoms. The van der Waals surface area contributed by atoms with Crippen molar-refractivity contribution in [1.82, 2.24) is 0 Å². The molecule has 2 aromatic carbocycles. The van der Waals surface area contributed by atoms with Crippen molar-refractivity contribution in [2.45, 2.75) is 25.7 Å². The van der Waals surface area contributed by atoms with Crippen LogP contribution < -0.4 is 11.5 Å². The average Bonchev–Trinajstić information content (AvgIpc) is 2.45. The number of rotatable bonds is 4. The predicted octanol–water partition coefficient (Wildman–Crippen LogP) is 3.33. The number of nitrogens with two attached hydrogens (primary N) is 2. The van der Waals surface area contributed by atoms with Gasteiger partial charge >= 0.3 is 0 Å². The topological polar surface area (TPSA) is 69.1 Å². The van der Waals surface area contributed by atoms with Gasteiger partial charge in [0, 0.05) is 23.2 Å². The SMILES string of the molecule is CC(C(=O)C(C)c1cccc(N)c1)c1cccc(N)c1. The van der Waals surface area contributed by atoms with E-state index in [1.807, 2.05) is 62.4 Å². The van der Waals surface area contributed by atoms with Crippen LogP contribution in [0.5, 0.6) is 0 Å². The maximum atomic E-state index is 12.6. The Bertz CT molecular complexity index is 568. The fourth-order valence-corrected chi connectivity index (χ4v) is 2.36. The molecule has 0 aromatic heterocycles. The molecule has 0 aliphatic heterocycles. The molecule has 3 heteroatoms. The van der Waals surface area contributed by atoms with Crippen LogP contribution in [0.1, 0.15) is 36.8 Å². The summed E-state index contributed by atoms with van der Waals surface area (Å²) < 4.78 is 0. The zero-order chi connectivity index (χ0) is 14.7. The molecule has 0 saturated heterocycles. The first-order valence-corrected chi connectivity index (χ1v) is 6.73. The van der Waals surface area contributed by atoms with Crippen molar-refractivity contribution in [2.24, 2.45) is 0 Å². The van der Waals surface area contributed by atoms with Gasteiger partial charge in [0.15, 0.2) is 0 Å². The molecule has 0 aliphatic rings. The van der Waals surface area contributed by atoms with Gasteiger partial charge in [-0.3, -0.25) is 4.79 Å². The summed E-state index contributed by atoms with van der Waals surface area (Å²) in [6, 6.07) is 15.0. The van der Waals surface area contributed by atoms with Crippen molar-refractivity contribution >= 4 is 17.2 Å². The van der Waals surface area contributed by atoms with E-state index in [0.717, 1.165) is 11.1 Å². The van der Waals surface area contributed by atoms with E-state index >= 15 is 0 Å². The zero-order valence-electron chi connectivity index (χ0n) is 11.8. The highest BCUT2D eigenvalue weighted by Crippen LogP contribution is 2.27. The molecule has 104 valence electrons. The molecule has 2 rings (SSSR count). The molecule has 2 unspecified atom stereocenters. The van der Waals surface area contributed by atoms with Crippen molar-refractivity contribution < 1.29 is 4.79 Å². The number of carbonyl (C=O) groups is 1. The third-order valence-electron chi connectivity index (χ3n) is 3.67. The average molecular weight is 268 g/mol. The summed E-state index contributed by atoms with van der Waals surface area (Å²) in [6.45, 7) is 3.83. The van der Waals surface area contributed by atoms with Crippen LogP contribution in [-0.2, 0) is 4.79 Å². The largest absolute Gasteiger partial charge is 0.399 e. The molecule has 20 heavy (non-hydrogen) atoms. The highest BCUT2D eigenvalue weighted by atomic mass is 16.1. The van der Waals surface area contributed by atoms with Crippen LogP contribution in [0.15, 0.2) is 48.5 Å². The summed E-state index contributed by atoms with van der Waals surface area (Å²) in [7, 11) is 0. The Balaban J connectivity index is 2.22. The van der Waals surface area contributed by atoms with Gasteiger partial charge in [0.2, 0.25) is 0 Å². The van der Waals surface area contributed by atoms with Crippen LogP contribution in [0, 0.1) is 0 Å². The van der Waals surface area contributed by atoms with E-state index in [1.165, 1.54) is 0 Å². The van der Waals surface area contributed by atoms with Gasteiger partial charge in [-0.15, -0.1) is 0 Å². The quantitative estimate of drug-likeness (QED) is 0.836. The lowest BCUT2D eigenvalue weighted by Crippen LogP contribution is -2.16. The van der Waals surface area contributed by atoms with Crippen LogP contribution in [0.3, 0.4) is 0 Å². The Labute approximate surface area is 119 Å². The highest BCUT2D eigenvalue weighted by molar-refractivity contribution is 5.91. The Hall–Kier alpha value is -2.29. The molecule has 2 atom stereocenters. The number of hydrogen-bond acceptors (Lipinski definition) is 3. The fourth-order valence-electron chi connectivity index (χ4n) is 2.36. The van der Waals surface area contributed by atoms with E-state index in [0.29, 0.717) is 11.4 Å². The number of anilines is 2. The number of nitrogen functional groups attached to an aromatic ring is 2. The van der Waals surface area contributed by atoms with Gasteiger partial charge in [-0.1, -0.05) is 38.1 Å². The van der Waals surface area contributed by atoms with Crippen molar-refractivity contribution in [2.75, 3.05) is 11.5 Å². The number of Topliss-reactive ketones (excluding diaryl/α,β-unsaturated/α-hetero) is 1. The van der Waals surface area contributed by atoms with Crippen LogP contribution in [0.4, 0.5) is 11.4 Å². The molecular formula is C17H20N2O. The Morgan fingerprint density at radius 3 is 1.60 bits per heavy atom. The third-order valence-corrected chi connectivity index (χ3v) is 3.67. The number of benzene rings is 2. The van der Waals surface area contributed by atoms with E-state index in [4.69, 9.17) is 11.5 Å². The van der Waals surface area contributed by atoms with E-state index in [-0.39, 0.29) is 17.6 Å². The maximum absolute atomic E-state index is 12.6. The monoisotopic (exact) mass is 268 g/mol. The molecule has 4 N–H and O–H groups in total. The van der Waals surface area contributed by atoms with E-state index in [9.17, 15) is 4.79 Å². The summed E-state index contributed by atoms with van der Waals surface area (Å²) in [4.78, 5) is 12.6. The molecule has 0 saturated carbocycles. The minimum atomic E-state index is -0.185. The minimum absolute atomic E-state index is 0.168. The standard InChI is InChI=1S/C17H20N2O/c1-11(13-5-3-7-15(18)9-13)17(20)12(2)14-6-4-8-16(19)10-14/h3-12H,18-19H2,1-2H3. The Kier molecular flexibility index (Phi) is 4.08. The second-order valence-corrected chi connectivity index (χ2v) is 5.19. The Morgan fingerprint density at radius 1 is 0.850 bits per heavy atom. The van der Waals surface area contributed by atoms with Gasteiger partial charge in [-0.05, 0) is 35.4 Å². The number of hydrogen-bond donors (Lipinski definition) is 2. The maximum Gasteiger partial charge on any atom is 0.147 e. The third kappa shape index (κ3) is 2.99. The van der Waals surface area contributed by atoms with Crippen molar-refractivity contribution in [1.29, 1.82) is 0 Å². The summed E-state index contributed by atoms with van der Waals surface area (Å²) in [5, 5.41) is 0. The Morgan fingerprint density at radius 2 is 1.25 bits per heavy atom. The zero-order valence-corrected chi connectivity index (χ0v) is 11.8. The molecular weight excluding hydrogens is 248 g/mol. The smallest absolute Gasteiger partial charge is 0.147 e. The fraction of sp³-hybridized carbons (Fsp3) is 0.235. The molecule has 0 aliphatic carbocycles. The molecule has 0 fully saturated rings. The minimum Gasteiger partial charge on any atom is -0.399 e. The van der Waals surface area contributed by atoms with Crippen LogP contribution in [0.2, 0.25) is 0 Å². The molecule has 0 spiro atoms. The number of carbonyl (C=O) groups excluding carboxylic acids is 1. The summed E-state index contributed by atoms with van der Waals surface area (Å²) >= 11 is 0. The van der Waals surface area contributed by atoms with Crippen LogP contribution in [0.25, 0.3) is 0 Å². The lowest BCUT2D eigenvalue weighted by atomic mass is 9.85. The van der Waals surface area contributed by atoms with Gasteiger partial charge < -0.3 is 11.5 Å². The molecule has 2 aromatic rings. The second-order valence-electron chi connectivity index (χ2n) is 5.19. The van der Waals surface area contributed by atoms with Crippen molar-refractivity contribution in [3.63, 3.8) is 0 Å². The molecule has 0 radical (unpaired) electrons. The first kappa shape index (κ1) is 14.1. The van der Waals surface area contributed by atoms with Gasteiger partial charge in [-0.25, -0.2) is 0 Å². The molecule has 0 heterocycles. The van der Waals surface area contributed by atoms with Crippen molar-refractivity contribution in [3.8, 4) is 0 Å². The number of ketones is 1. The first-order valence-electron chi connectivity index (χ1n) is 6.73. The lowest BCUT2D eigenvalue weighted by molar-refractivity contribution is -0.121. The predicted molar refractivity (Wildman–Crippen MR) is 83.5 cm³/mol. The van der Waals surface area contributed by atoms with Crippen LogP contribution in [-0.4, -0.2) is 5.78 Å². The second kappa shape index (κ2) is 5.78. The normalized spacial score (nSPS) is 13.7. The van der Waals surface area contributed by atoms with Gasteiger partial charge in [0.1, 0.15) is 5.78 Å². The van der Waals surface area contributed by atoms with Gasteiger partial charge in [-0.2, -0.15) is 0 Å². The van der Waals surface area contributed by atoms with E-state index in [2.05, 4.69) is 0 Å². The highest BCUT2D eigenvalue weighted by Gasteiger charge is 2.22. The summed E-state index contributed by atoms with van der Waals surface area (Å²) in [6.07, 6.45) is 0. The van der Waals surface area contributed by atoms with Crippen molar-refractivity contribution in [3.05, 3.63) is 59.7 Å². The van der Waals surface area contributed by atoms with E-state index in [1.54, 1.807) is 0 Å². The lowest BCUT2D eigenvalue weighted by Gasteiger charge is -2.17. The molecule has 0 amide bonds.